The third kappa shape index (κ3) is 3.59. The Morgan fingerprint density at radius 2 is 1.67 bits per heavy atom. The molecular weight excluding hydrogens is 473 g/mol. The lowest BCUT2D eigenvalue weighted by Gasteiger charge is -2.13. The van der Waals surface area contributed by atoms with E-state index in [4.69, 9.17) is 15.2 Å². The van der Waals surface area contributed by atoms with Gasteiger partial charge in [-0.1, -0.05) is 6.07 Å². The van der Waals surface area contributed by atoms with Crippen LogP contribution in [0, 0.1) is 5.82 Å². The summed E-state index contributed by atoms with van der Waals surface area (Å²) in [5.41, 5.74) is 6.21. The third-order valence-corrected chi connectivity index (χ3v) is 4.87. The quantitative estimate of drug-likeness (QED) is 0.635. The molecule has 2 aromatic rings. The highest BCUT2D eigenvalue weighted by molar-refractivity contribution is 9.11. The van der Waals surface area contributed by atoms with Gasteiger partial charge in [0, 0.05) is 6.54 Å². The van der Waals surface area contributed by atoms with Gasteiger partial charge in [-0.3, -0.25) is 0 Å². The van der Waals surface area contributed by atoms with Gasteiger partial charge >= 0.3 is 0 Å². The zero-order chi connectivity index (χ0) is 15.6. The Bertz CT molecular complexity index is 678. The van der Waals surface area contributed by atoms with Crippen LogP contribution in [0.15, 0.2) is 37.7 Å². The minimum Gasteiger partial charge on any atom is -0.496 e. The summed E-state index contributed by atoms with van der Waals surface area (Å²) in [5, 5.41) is 0. The molecule has 0 aliphatic rings. The number of hydrogen-bond acceptors (Lipinski definition) is 3. The largest absolute Gasteiger partial charge is 0.496 e. The molecule has 21 heavy (non-hydrogen) atoms. The van der Waals surface area contributed by atoms with Crippen LogP contribution in [0.1, 0.15) is 5.56 Å². The van der Waals surface area contributed by atoms with Crippen molar-refractivity contribution in [1.29, 1.82) is 0 Å². The van der Waals surface area contributed by atoms with Crippen molar-refractivity contribution in [1.82, 2.24) is 0 Å². The molecule has 0 aliphatic carbocycles. The highest BCUT2D eigenvalue weighted by atomic mass is 79.9. The molecule has 7 heteroatoms. The molecule has 0 unspecified atom stereocenters. The molecule has 2 rings (SSSR count). The van der Waals surface area contributed by atoms with Crippen LogP contribution < -0.4 is 15.2 Å². The number of methoxy groups -OCH3 is 1. The highest BCUT2D eigenvalue weighted by Crippen LogP contribution is 2.39. The van der Waals surface area contributed by atoms with E-state index in [0.717, 1.165) is 0 Å². The monoisotopic (exact) mass is 481 g/mol. The summed E-state index contributed by atoms with van der Waals surface area (Å²) >= 11 is 9.92. The predicted molar refractivity (Wildman–Crippen MR) is 90.5 cm³/mol. The van der Waals surface area contributed by atoms with Crippen LogP contribution >= 0.6 is 47.8 Å². The van der Waals surface area contributed by atoms with Gasteiger partial charge < -0.3 is 15.2 Å². The number of nitrogens with two attached hydrogens (primary N) is 1. The van der Waals surface area contributed by atoms with E-state index in [-0.39, 0.29) is 12.3 Å². The van der Waals surface area contributed by atoms with Crippen LogP contribution in [0.3, 0.4) is 0 Å². The van der Waals surface area contributed by atoms with Gasteiger partial charge in [0.15, 0.2) is 11.6 Å². The first-order valence-corrected chi connectivity index (χ1v) is 8.23. The first-order valence-electron chi connectivity index (χ1n) is 5.85. The van der Waals surface area contributed by atoms with E-state index >= 15 is 0 Å². The summed E-state index contributed by atoms with van der Waals surface area (Å²) in [6, 6.07) is 6.70. The first-order chi connectivity index (χ1) is 9.97. The van der Waals surface area contributed by atoms with Crippen molar-refractivity contribution in [2.75, 3.05) is 7.11 Å². The Balaban J connectivity index is 2.39. The van der Waals surface area contributed by atoms with Crippen molar-refractivity contribution in [3.05, 3.63) is 49.1 Å². The summed E-state index contributed by atoms with van der Waals surface area (Å²) in [5.74, 6) is 0.733. The molecule has 0 heterocycles. The van der Waals surface area contributed by atoms with Gasteiger partial charge in [-0.25, -0.2) is 4.39 Å². The number of ether oxygens (including phenoxy) is 2. The standard InChI is InChI=1S/C14H11Br3FNO2/c1-20-11-4-9(16)12(5-8(11)15)21-10-3-2-7(6-19)13(17)14(10)18/h2-5H,6,19H2,1H3. The molecule has 0 atom stereocenters. The van der Waals surface area contributed by atoms with E-state index < -0.39 is 5.82 Å². The van der Waals surface area contributed by atoms with Crippen molar-refractivity contribution in [3.63, 3.8) is 0 Å². The summed E-state index contributed by atoms with van der Waals surface area (Å²) in [6.07, 6.45) is 0. The number of benzene rings is 2. The topological polar surface area (TPSA) is 44.5 Å². The molecule has 0 aliphatic heterocycles. The SMILES string of the molecule is COc1cc(Br)c(Oc2ccc(CN)c(Br)c2F)cc1Br. The summed E-state index contributed by atoms with van der Waals surface area (Å²) in [7, 11) is 1.56. The van der Waals surface area contributed by atoms with Crippen molar-refractivity contribution in [3.8, 4) is 17.2 Å². The average molecular weight is 484 g/mol. The van der Waals surface area contributed by atoms with E-state index in [1.165, 1.54) is 0 Å². The van der Waals surface area contributed by atoms with Gasteiger partial charge in [0.2, 0.25) is 0 Å². The lowest BCUT2D eigenvalue weighted by Crippen LogP contribution is -2.00. The van der Waals surface area contributed by atoms with E-state index in [1.807, 2.05) is 0 Å². The average Bonchev–Trinajstić information content (AvgIpc) is 2.47. The first kappa shape index (κ1) is 16.7. The van der Waals surface area contributed by atoms with E-state index in [2.05, 4.69) is 47.8 Å². The summed E-state index contributed by atoms with van der Waals surface area (Å²) in [4.78, 5) is 0. The maximum atomic E-state index is 14.2. The molecule has 0 saturated carbocycles. The van der Waals surface area contributed by atoms with Crippen LogP contribution in [0.5, 0.6) is 17.2 Å². The van der Waals surface area contributed by atoms with Gasteiger partial charge in [-0.05, 0) is 71.6 Å². The van der Waals surface area contributed by atoms with Crippen LogP contribution in [-0.2, 0) is 6.54 Å². The molecule has 0 spiro atoms. The van der Waals surface area contributed by atoms with Crippen molar-refractivity contribution >= 4 is 47.8 Å². The van der Waals surface area contributed by atoms with Crippen molar-refractivity contribution in [2.24, 2.45) is 5.73 Å². The fourth-order valence-corrected chi connectivity index (χ4v) is 3.05. The summed E-state index contributed by atoms with van der Waals surface area (Å²) < 4.78 is 26.7. The highest BCUT2D eigenvalue weighted by Gasteiger charge is 2.15. The molecule has 2 N–H and O–H groups in total. The Morgan fingerprint density at radius 3 is 2.29 bits per heavy atom. The normalized spacial score (nSPS) is 10.6. The second-order valence-electron chi connectivity index (χ2n) is 4.07. The Morgan fingerprint density at radius 1 is 1.05 bits per heavy atom. The second-order valence-corrected chi connectivity index (χ2v) is 6.58. The van der Waals surface area contributed by atoms with Gasteiger partial charge in [0.1, 0.15) is 11.5 Å². The minimum atomic E-state index is -0.489. The maximum Gasteiger partial charge on any atom is 0.180 e. The molecule has 0 fully saturated rings. The van der Waals surface area contributed by atoms with Gasteiger partial charge in [0.05, 0.1) is 20.5 Å². The molecule has 3 nitrogen and oxygen atoms in total. The van der Waals surface area contributed by atoms with Crippen LogP contribution in [-0.4, -0.2) is 7.11 Å². The lowest BCUT2D eigenvalue weighted by molar-refractivity contribution is 0.407. The van der Waals surface area contributed by atoms with E-state index in [9.17, 15) is 4.39 Å². The third-order valence-electron chi connectivity index (χ3n) is 2.77. The number of halogens is 4. The second kappa shape index (κ2) is 7.09. The molecule has 0 bridgehead atoms. The molecule has 0 saturated heterocycles. The zero-order valence-electron chi connectivity index (χ0n) is 10.9. The van der Waals surface area contributed by atoms with E-state index in [0.29, 0.717) is 30.5 Å². The van der Waals surface area contributed by atoms with Crippen LogP contribution in [0.25, 0.3) is 0 Å². The molecule has 0 aromatic heterocycles. The minimum absolute atomic E-state index is 0.108. The fraction of sp³-hybridized carbons (Fsp3) is 0.143. The zero-order valence-corrected chi connectivity index (χ0v) is 15.7. The Hall–Kier alpha value is -0.630. The van der Waals surface area contributed by atoms with Gasteiger partial charge in [0.25, 0.3) is 0 Å². The Kier molecular flexibility index (Phi) is 5.65. The fourth-order valence-electron chi connectivity index (χ4n) is 1.67. The lowest BCUT2D eigenvalue weighted by atomic mass is 10.2. The van der Waals surface area contributed by atoms with Crippen LogP contribution in [0.4, 0.5) is 4.39 Å². The molecule has 0 amide bonds. The summed E-state index contributed by atoms with van der Waals surface area (Å²) in [6.45, 7) is 0.246. The number of hydrogen-bond donors (Lipinski definition) is 1. The van der Waals surface area contributed by atoms with E-state index in [1.54, 1.807) is 31.4 Å². The molecule has 112 valence electrons. The Labute approximate surface area is 147 Å². The number of rotatable bonds is 4. The maximum absolute atomic E-state index is 14.2. The molecular formula is C14H11Br3FNO2. The smallest absolute Gasteiger partial charge is 0.180 e. The van der Waals surface area contributed by atoms with Crippen LogP contribution in [0.2, 0.25) is 0 Å². The van der Waals surface area contributed by atoms with Gasteiger partial charge in [-0.15, -0.1) is 0 Å². The molecule has 0 radical (unpaired) electrons. The predicted octanol–water partition coefficient (Wildman–Crippen LogP) is 5.37. The van der Waals surface area contributed by atoms with Gasteiger partial charge in [-0.2, -0.15) is 0 Å². The molecule has 2 aromatic carbocycles. The van der Waals surface area contributed by atoms with Crippen molar-refractivity contribution in [2.45, 2.75) is 6.54 Å². The van der Waals surface area contributed by atoms with Crippen molar-refractivity contribution < 1.29 is 13.9 Å².